The third-order valence-corrected chi connectivity index (χ3v) is 11.6. The van der Waals surface area contributed by atoms with Gasteiger partial charge in [0, 0.05) is 25.2 Å². The molecule has 0 aliphatic heterocycles. The molecule has 8 atom stereocenters. The lowest BCUT2D eigenvalue weighted by atomic mass is 9.89. The Morgan fingerprint density at radius 1 is 0.656 bits per heavy atom. The quantitative estimate of drug-likeness (QED) is 0.0133. The van der Waals surface area contributed by atoms with E-state index >= 15 is 0 Å². The van der Waals surface area contributed by atoms with E-state index in [-0.39, 0.29) is 31.1 Å². The number of carbonyl (C=O) groups excluding carboxylic acids is 2. The van der Waals surface area contributed by atoms with E-state index in [0.29, 0.717) is 32.1 Å². The Morgan fingerprint density at radius 3 is 1.92 bits per heavy atom. The largest absolute Gasteiger partial charge is 0.472 e. The maximum atomic E-state index is 12.7. The second-order valence-corrected chi connectivity index (χ2v) is 18.6. The second-order valence-electron chi connectivity index (χ2n) is 15.9. The smallest absolute Gasteiger partial charge is 0.462 e. The first-order valence-electron chi connectivity index (χ1n) is 22.9. The van der Waals surface area contributed by atoms with E-state index in [4.69, 9.17) is 23.8 Å². The summed E-state index contributed by atoms with van der Waals surface area (Å²) in [6.07, 6.45) is 32.7. The predicted molar refractivity (Wildman–Crippen MR) is 245 cm³/mol. The maximum Gasteiger partial charge on any atom is 0.472 e. The third-order valence-electron chi connectivity index (χ3n) is 10.1. The molecule has 0 aromatic heterocycles. The molecule has 0 aromatic carbocycles. The van der Waals surface area contributed by atoms with Crippen LogP contribution in [0.1, 0.15) is 136 Å². The number of ether oxygens (including phenoxy) is 2. The van der Waals surface area contributed by atoms with Crippen molar-refractivity contribution in [3.05, 3.63) is 72.9 Å². The van der Waals surface area contributed by atoms with Gasteiger partial charge >= 0.3 is 27.6 Å². The number of aliphatic hydroxyl groups excluding tert-OH is 4. The maximum absolute atomic E-state index is 12.7. The fourth-order valence-corrected chi connectivity index (χ4v) is 7.78. The summed E-state index contributed by atoms with van der Waals surface area (Å²) < 4.78 is 47.8. The molecule has 0 heterocycles. The monoisotopic (exact) mass is 948 g/mol. The summed E-state index contributed by atoms with van der Waals surface area (Å²) in [6, 6.07) is 0. The first-order valence-corrected chi connectivity index (χ1v) is 25.9. The van der Waals surface area contributed by atoms with E-state index in [0.717, 1.165) is 70.6 Å². The fourth-order valence-electron chi connectivity index (χ4n) is 6.63. The standard InChI is InChI=1S/C46H78O16P2/c1-3-5-7-8-9-10-11-12-13-14-15-16-17-18-19-20-26-30-46(52)62-40(37-61-64(56,57)60-35-39(48)34-59-63(53,54)55)36-58-45(51)29-25-22-21-24-28-41-42(44(50)33-43(41)49)32-31-38(47)27-23-6-4-2/h5,7,9-10,12-13,15-16,21,24,31-32,38-44,47-50H,3-4,6,8,11,14,17-20,22-23,25-30,33-37H2,1-2H3,(H,56,57)(H2,53,54,55)/b7-5-,10-9-,13-12-,16-15-,24-21+,32-31+/t38-,39-,40+,41+,42+,43-,44+/m0/s1. The summed E-state index contributed by atoms with van der Waals surface area (Å²) in [5.41, 5.74) is 0. The van der Waals surface area contributed by atoms with Gasteiger partial charge in [0.1, 0.15) is 12.7 Å². The molecule has 368 valence electrons. The summed E-state index contributed by atoms with van der Waals surface area (Å²) in [5.74, 6) is -1.75. The normalized spacial score (nSPS) is 21.0. The Balaban J connectivity index is 2.58. The van der Waals surface area contributed by atoms with Gasteiger partial charge in [0.05, 0.1) is 38.1 Å². The van der Waals surface area contributed by atoms with E-state index in [1.165, 1.54) is 0 Å². The Bertz CT molecular complexity index is 1520. The van der Waals surface area contributed by atoms with Gasteiger partial charge in [0.2, 0.25) is 0 Å². The topological polar surface area (TPSA) is 256 Å². The molecule has 1 unspecified atom stereocenters. The molecule has 0 spiro atoms. The highest BCUT2D eigenvalue weighted by Gasteiger charge is 2.39. The van der Waals surface area contributed by atoms with Gasteiger partial charge in [-0.3, -0.25) is 23.2 Å². The molecule has 0 saturated heterocycles. The molecule has 7 N–H and O–H groups in total. The lowest BCUT2D eigenvalue weighted by molar-refractivity contribution is -0.161. The van der Waals surface area contributed by atoms with Gasteiger partial charge in [0.15, 0.2) is 6.10 Å². The zero-order valence-corrected chi connectivity index (χ0v) is 39.7. The minimum Gasteiger partial charge on any atom is -0.462 e. The molecule has 64 heavy (non-hydrogen) atoms. The Kier molecular flexibility index (Phi) is 34.0. The van der Waals surface area contributed by atoms with Crippen molar-refractivity contribution >= 4 is 27.6 Å². The van der Waals surface area contributed by atoms with Crippen molar-refractivity contribution in [1.29, 1.82) is 0 Å². The molecule has 1 aliphatic rings. The van der Waals surface area contributed by atoms with Crippen LogP contribution < -0.4 is 0 Å². The highest BCUT2D eigenvalue weighted by atomic mass is 31.2. The first kappa shape index (κ1) is 59.5. The van der Waals surface area contributed by atoms with Gasteiger partial charge in [0.25, 0.3) is 0 Å². The summed E-state index contributed by atoms with van der Waals surface area (Å²) in [6.45, 7) is 1.23. The number of hydrogen-bond donors (Lipinski definition) is 7. The van der Waals surface area contributed by atoms with Crippen LogP contribution in [0.25, 0.3) is 0 Å². The highest BCUT2D eigenvalue weighted by Crippen LogP contribution is 2.44. The number of aliphatic hydroxyl groups is 4. The van der Waals surface area contributed by atoms with Gasteiger partial charge in [-0.15, -0.1) is 0 Å². The van der Waals surface area contributed by atoms with E-state index in [1.807, 2.05) is 18.2 Å². The van der Waals surface area contributed by atoms with Crippen LogP contribution >= 0.6 is 15.6 Å². The van der Waals surface area contributed by atoms with E-state index in [9.17, 15) is 44.0 Å². The van der Waals surface area contributed by atoms with Crippen LogP contribution in [0.4, 0.5) is 0 Å². The lowest BCUT2D eigenvalue weighted by Gasteiger charge is -2.20. The lowest BCUT2D eigenvalue weighted by Crippen LogP contribution is -2.30. The summed E-state index contributed by atoms with van der Waals surface area (Å²) in [4.78, 5) is 53.0. The molecule has 0 aromatic rings. The van der Waals surface area contributed by atoms with Crippen LogP contribution in [0.5, 0.6) is 0 Å². The molecule has 1 saturated carbocycles. The van der Waals surface area contributed by atoms with Crippen molar-refractivity contribution < 1.29 is 76.9 Å². The number of unbranched alkanes of at least 4 members (excludes halogenated alkanes) is 7. The minimum absolute atomic E-state index is 0.00893. The number of allylic oxidation sites excluding steroid dienone is 10. The van der Waals surface area contributed by atoms with Gasteiger partial charge in [-0.05, 0) is 76.5 Å². The van der Waals surface area contributed by atoms with Crippen molar-refractivity contribution in [2.24, 2.45) is 11.8 Å². The van der Waals surface area contributed by atoms with Crippen molar-refractivity contribution in [2.75, 3.05) is 26.4 Å². The highest BCUT2D eigenvalue weighted by molar-refractivity contribution is 7.47. The number of phosphoric acid groups is 2. The zero-order chi connectivity index (χ0) is 47.5. The van der Waals surface area contributed by atoms with Crippen molar-refractivity contribution in [3.63, 3.8) is 0 Å². The van der Waals surface area contributed by atoms with Gasteiger partial charge < -0.3 is 44.6 Å². The predicted octanol–water partition coefficient (Wildman–Crippen LogP) is 8.16. The molecule has 0 radical (unpaired) electrons. The minimum atomic E-state index is -4.90. The molecule has 0 bridgehead atoms. The Labute approximate surface area is 381 Å². The molecule has 1 rings (SSSR count). The van der Waals surface area contributed by atoms with E-state index in [1.54, 1.807) is 6.08 Å². The zero-order valence-electron chi connectivity index (χ0n) is 37.9. The number of phosphoric ester groups is 2. The molecule has 1 fully saturated rings. The number of hydrogen-bond acceptors (Lipinski definition) is 13. The first-order chi connectivity index (χ1) is 30.6. The van der Waals surface area contributed by atoms with Crippen LogP contribution in [-0.2, 0) is 41.8 Å². The molecular formula is C46H78O16P2. The average Bonchev–Trinajstić information content (AvgIpc) is 3.51. The second kappa shape index (κ2) is 36.5. The molecule has 18 heteroatoms. The van der Waals surface area contributed by atoms with E-state index < -0.39 is 84.5 Å². The van der Waals surface area contributed by atoms with Crippen LogP contribution in [0.2, 0.25) is 0 Å². The van der Waals surface area contributed by atoms with Crippen LogP contribution in [0.3, 0.4) is 0 Å². The van der Waals surface area contributed by atoms with Crippen molar-refractivity contribution in [1.82, 2.24) is 0 Å². The number of rotatable bonds is 38. The van der Waals surface area contributed by atoms with Gasteiger partial charge in [-0.2, -0.15) is 0 Å². The Hall–Kier alpha value is -2.56. The van der Waals surface area contributed by atoms with Gasteiger partial charge in [-0.25, -0.2) is 9.13 Å². The summed E-state index contributed by atoms with van der Waals surface area (Å²) in [7, 11) is -9.78. The van der Waals surface area contributed by atoms with E-state index in [2.05, 4.69) is 71.5 Å². The number of esters is 2. The summed E-state index contributed by atoms with van der Waals surface area (Å²) >= 11 is 0. The molecule has 1 aliphatic carbocycles. The Morgan fingerprint density at radius 2 is 1.25 bits per heavy atom. The average molecular weight is 949 g/mol. The number of carbonyl (C=O) groups is 2. The molecular weight excluding hydrogens is 870 g/mol. The van der Waals surface area contributed by atoms with Gasteiger partial charge in [-0.1, -0.05) is 119 Å². The van der Waals surface area contributed by atoms with Crippen LogP contribution in [-0.4, -0.2) is 104 Å². The fraction of sp³-hybridized carbons (Fsp3) is 0.696. The van der Waals surface area contributed by atoms with Crippen LogP contribution in [0, 0.1) is 11.8 Å². The third kappa shape index (κ3) is 33.0. The summed E-state index contributed by atoms with van der Waals surface area (Å²) in [5, 5.41) is 41.1. The SMILES string of the molecule is CC/C=C\C/C=C\C/C=C\C/C=C\CCCCCCC(=O)O[C@H](COC(=O)CCC/C=C/C[C@@H]1[C@@H](/C=C/[C@@H](O)CCCCC)[C@H](O)C[C@@H]1O)COP(=O)(O)OC[C@@H](O)COP(=O)(O)O. The molecule has 16 nitrogen and oxygen atoms in total. The van der Waals surface area contributed by atoms with Crippen molar-refractivity contribution in [2.45, 2.75) is 166 Å². The van der Waals surface area contributed by atoms with Crippen molar-refractivity contribution in [3.8, 4) is 0 Å². The van der Waals surface area contributed by atoms with Crippen LogP contribution in [0.15, 0.2) is 72.9 Å². The molecule has 0 amide bonds.